The zero-order chi connectivity index (χ0) is 36.7. The van der Waals surface area contributed by atoms with E-state index in [9.17, 15) is 24.0 Å². The molecule has 0 unspecified atom stereocenters. The van der Waals surface area contributed by atoms with Crippen molar-refractivity contribution in [2.24, 2.45) is 5.41 Å². The van der Waals surface area contributed by atoms with Gasteiger partial charge in [0.1, 0.15) is 17.9 Å². The van der Waals surface area contributed by atoms with E-state index in [1.165, 1.54) is 4.90 Å². The van der Waals surface area contributed by atoms with Crippen molar-refractivity contribution in [3.05, 3.63) is 53.6 Å². The third-order valence-corrected chi connectivity index (χ3v) is 9.36. The number of piperidine rings is 1. The van der Waals surface area contributed by atoms with Gasteiger partial charge in [-0.05, 0) is 86.8 Å². The maximum absolute atomic E-state index is 13.9. The van der Waals surface area contributed by atoms with Crippen LogP contribution < -0.4 is 14.8 Å². The van der Waals surface area contributed by atoms with Crippen LogP contribution in [0.15, 0.2) is 42.5 Å². The molecular weight excluding hydrogens is 640 g/mol. The van der Waals surface area contributed by atoms with Gasteiger partial charge in [0.05, 0.1) is 14.2 Å². The minimum atomic E-state index is -0.883. The Balaban J connectivity index is 1.80. The quantitative estimate of drug-likeness (QED) is 0.0947. The van der Waals surface area contributed by atoms with Gasteiger partial charge in [-0.1, -0.05) is 39.0 Å². The van der Waals surface area contributed by atoms with E-state index in [-0.39, 0.29) is 24.5 Å². The molecule has 1 saturated heterocycles. The molecule has 0 radical (unpaired) electrons. The Kier molecular flexibility index (Phi) is 15.9. The Labute approximate surface area is 296 Å². The highest BCUT2D eigenvalue weighted by molar-refractivity contribution is 6.38. The number of ether oxygens (including phenoxy) is 4. The predicted octanol–water partition coefficient (Wildman–Crippen LogP) is 6.41. The summed E-state index contributed by atoms with van der Waals surface area (Å²) in [7, 11) is 4.75. The van der Waals surface area contributed by atoms with Gasteiger partial charge in [0.25, 0.3) is 5.91 Å². The number of hydrogen-bond donors (Lipinski definition) is 1. The first kappa shape index (κ1) is 40.2. The number of benzene rings is 2. The second kappa shape index (κ2) is 19.8. The SMILES string of the molecule is CCC(C)(C)C(=O)C(=O)N1CCCC[C@H]1C(=O)O[C@H](CCc1ccc(OC)c(OC)c1)c1cccc(NC(=O)CCC(=O)CCCCOC)c1. The maximum Gasteiger partial charge on any atom is 0.329 e. The standard InChI is InChI=1S/C39H54N2O9/c1-7-39(2,3)36(44)37(45)41-23-10-8-16-31(41)38(46)50-32(20-17-27-18-21-33(48-5)34(25-27)49-6)28-13-12-14-29(26-28)40-35(43)22-19-30(42)15-9-11-24-47-4/h12-14,18,21,25-26,31-32H,7-11,15-17,19-20,22-24H2,1-6H3,(H,40,43)/t31-,32+/m0/s1. The summed E-state index contributed by atoms with van der Waals surface area (Å²) >= 11 is 0. The van der Waals surface area contributed by atoms with Crippen LogP contribution in [0.25, 0.3) is 0 Å². The number of unbranched alkanes of at least 4 members (excludes halogenated alkanes) is 1. The van der Waals surface area contributed by atoms with Crippen LogP contribution >= 0.6 is 0 Å². The number of carbonyl (C=O) groups excluding carboxylic acids is 5. The molecule has 0 aliphatic carbocycles. The van der Waals surface area contributed by atoms with E-state index < -0.39 is 35.2 Å². The fourth-order valence-corrected chi connectivity index (χ4v) is 5.83. The van der Waals surface area contributed by atoms with Crippen LogP contribution in [-0.2, 0) is 39.9 Å². The number of amides is 2. The van der Waals surface area contributed by atoms with Crippen molar-refractivity contribution >= 4 is 35.0 Å². The van der Waals surface area contributed by atoms with Crippen molar-refractivity contribution < 1.29 is 42.9 Å². The highest BCUT2D eigenvalue weighted by Crippen LogP contribution is 2.32. The number of esters is 1. The third kappa shape index (κ3) is 11.7. The normalized spacial score (nSPS) is 15.2. The Morgan fingerprint density at radius 1 is 0.920 bits per heavy atom. The van der Waals surface area contributed by atoms with Crippen LogP contribution in [-0.4, -0.2) is 74.8 Å². The maximum atomic E-state index is 13.9. The highest BCUT2D eigenvalue weighted by Gasteiger charge is 2.41. The van der Waals surface area contributed by atoms with E-state index in [2.05, 4.69) is 5.32 Å². The molecule has 0 aromatic heterocycles. The average Bonchev–Trinajstić information content (AvgIpc) is 3.13. The van der Waals surface area contributed by atoms with Gasteiger partial charge < -0.3 is 29.2 Å². The summed E-state index contributed by atoms with van der Waals surface area (Å²) in [5.41, 5.74) is 1.26. The second-order valence-electron chi connectivity index (χ2n) is 13.4. The smallest absolute Gasteiger partial charge is 0.329 e. The van der Waals surface area contributed by atoms with E-state index in [1.54, 1.807) is 53.4 Å². The van der Waals surface area contributed by atoms with Gasteiger partial charge in [0, 0.05) is 50.6 Å². The summed E-state index contributed by atoms with van der Waals surface area (Å²) in [5.74, 6) is -0.828. The van der Waals surface area contributed by atoms with Crippen LogP contribution in [0.3, 0.4) is 0 Å². The van der Waals surface area contributed by atoms with Crippen LogP contribution in [0.2, 0.25) is 0 Å². The van der Waals surface area contributed by atoms with E-state index >= 15 is 0 Å². The average molecular weight is 695 g/mol. The Morgan fingerprint density at radius 2 is 1.68 bits per heavy atom. The fraction of sp³-hybridized carbons (Fsp3) is 0.564. The number of rotatable bonds is 20. The number of anilines is 1. The monoisotopic (exact) mass is 694 g/mol. The molecule has 0 saturated carbocycles. The lowest BCUT2D eigenvalue weighted by Crippen LogP contribution is -2.53. The third-order valence-electron chi connectivity index (χ3n) is 9.36. The van der Waals surface area contributed by atoms with E-state index in [0.29, 0.717) is 74.4 Å². The number of carbonyl (C=O) groups is 5. The number of methoxy groups -OCH3 is 3. The van der Waals surface area contributed by atoms with Gasteiger partial charge in [0.15, 0.2) is 11.5 Å². The molecule has 0 spiro atoms. The summed E-state index contributed by atoms with van der Waals surface area (Å²) in [5, 5.41) is 2.87. The molecule has 2 aromatic rings. The van der Waals surface area contributed by atoms with Gasteiger partial charge in [-0.15, -0.1) is 0 Å². The molecule has 1 aliphatic rings. The van der Waals surface area contributed by atoms with Crippen LogP contribution in [0.5, 0.6) is 11.5 Å². The van der Waals surface area contributed by atoms with Gasteiger partial charge in [0.2, 0.25) is 11.7 Å². The molecule has 50 heavy (non-hydrogen) atoms. The van der Waals surface area contributed by atoms with Crippen LogP contribution in [0, 0.1) is 5.41 Å². The number of ketones is 2. The van der Waals surface area contributed by atoms with Crippen molar-refractivity contribution in [2.75, 3.05) is 39.8 Å². The molecule has 1 fully saturated rings. The zero-order valence-electron chi connectivity index (χ0n) is 30.5. The number of aryl methyl sites for hydroxylation is 1. The van der Waals surface area contributed by atoms with E-state index in [4.69, 9.17) is 18.9 Å². The van der Waals surface area contributed by atoms with Crippen molar-refractivity contribution in [3.8, 4) is 11.5 Å². The number of nitrogens with one attached hydrogen (secondary N) is 1. The second-order valence-corrected chi connectivity index (χ2v) is 13.4. The molecular formula is C39H54N2O9. The lowest BCUT2D eigenvalue weighted by Gasteiger charge is -2.36. The number of nitrogens with zero attached hydrogens (tertiary/aromatic N) is 1. The van der Waals surface area contributed by atoms with Gasteiger partial charge in [-0.2, -0.15) is 0 Å². The molecule has 1 heterocycles. The van der Waals surface area contributed by atoms with Crippen molar-refractivity contribution in [1.82, 2.24) is 4.90 Å². The zero-order valence-corrected chi connectivity index (χ0v) is 30.5. The molecule has 1 aliphatic heterocycles. The lowest BCUT2D eigenvalue weighted by atomic mass is 9.84. The van der Waals surface area contributed by atoms with E-state index in [1.807, 2.05) is 31.2 Å². The Hall–Kier alpha value is -4.25. The van der Waals surface area contributed by atoms with Gasteiger partial charge >= 0.3 is 5.97 Å². The minimum absolute atomic E-state index is 0.0299. The molecule has 1 N–H and O–H groups in total. The van der Waals surface area contributed by atoms with Gasteiger partial charge in [-0.3, -0.25) is 19.2 Å². The predicted molar refractivity (Wildman–Crippen MR) is 190 cm³/mol. The summed E-state index contributed by atoms with van der Waals surface area (Å²) < 4.78 is 22.1. The highest BCUT2D eigenvalue weighted by atomic mass is 16.5. The number of likely N-dealkylation sites (tertiary alicyclic amines) is 1. The first-order valence-electron chi connectivity index (χ1n) is 17.6. The topological polar surface area (TPSA) is 138 Å². The summed E-state index contributed by atoms with van der Waals surface area (Å²) in [6.45, 7) is 6.24. The van der Waals surface area contributed by atoms with Gasteiger partial charge in [-0.25, -0.2) is 4.79 Å². The first-order chi connectivity index (χ1) is 23.9. The van der Waals surface area contributed by atoms with Crippen LogP contribution in [0.4, 0.5) is 5.69 Å². The molecule has 0 bridgehead atoms. The number of Topliss-reactive ketones (excluding diaryl/α,β-unsaturated/α-hetero) is 2. The minimum Gasteiger partial charge on any atom is -0.493 e. The lowest BCUT2D eigenvalue weighted by molar-refractivity contribution is -0.164. The van der Waals surface area contributed by atoms with E-state index in [0.717, 1.165) is 24.8 Å². The van der Waals surface area contributed by atoms with Crippen molar-refractivity contribution in [3.63, 3.8) is 0 Å². The summed E-state index contributed by atoms with van der Waals surface area (Å²) in [6.07, 6.45) is 4.62. The Bertz CT molecular complexity index is 1470. The van der Waals surface area contributed by atoms with Crippen LogP contribution in [0.1, 0.15) is 102 Å². The Morgan fingerprint density at radius 3 is 2.38 bits per heavy atom. The molecule has 11 nitrogen and oxygen atoms in total. The number of hydrogen-bond acceptors (Lipinski definition) is 9. The summed E-state index contributed by atoms with van der Waals surface area (Å²) in [4.78, 5) is 66.8. The molecule has 274 valence electrons. The first-order valence-corrected chi connectivity index (χ1v) is 17.6. The molecule has 11 heteroatoms. The van der Waals surface area contributed by atoms with Crippen molar-refractivity contribution in [2.45, 2.75) is 104 Å². The molecule has 3 rings (SSSR count). The molecule has 2 aromatic carbocycles. The van der Waals surface area contributed by atoms with Crippen molar-refractivity contribution in [1.29, 1.82) is 0 Å². The summed E-state index contributed by atoms with van der Waals surface area (Å²) in [6, 6.07) is 11.8. The largest absolute Gasteiger partial charge is 0.493 e. The molecule has 2 amide bonds. The fourth-order valence-electron chi connectivity index (χ4n) is 5.83. The molecule has 2 atom stereocenters.